The summed E-state index contributed by atoms with van der Waals surface area (Å²) in [6, 6.07) is 3.25. The summed E-state index contributed by atoms with van der Waals surface area (Å²) in [5, 5.41) is 10.8. The molecule has 2 nitrogen and oxygen atoms in total. The fraction of sp³-hybridized carbons (Fsp3) is 0.364. The van der Waals surface area contributed by atoms with E-state index >= 15 is 0 Å². The van der Waals surface area contributed by atoms with Gasteiger partial charge in [-0.15, -0.1) is 0 Å². The third-order valence-corrected chi connectivity index (χ3v) is 2.16. The Bertz CT molecular complexity index is 438. The standard InChI is InChI=1S/C11H9F5N2/c12-9-3-7(5-17)4-10(13)8(9)6-18-2-1-11(14,15)16/h3-4,18H,1-2,6H2. The average molecular weight is 264 g/mol. The first-order valence-electron chi connectivity index (χ1n) is 4.99. The zero-order chi connectivity index (χ0) is 13.8. The lowest BCUT2D eigenvalue weighted by Crippen LogP contribution is -2.22. The number of benzene rings is 1. The van der Waals surface area contributed by atoms with E-state index in [1.165, 1.54) is 0 Å². The van der Waals surface area contributed by atoms with Crippen LogP contribution in [-0.2, 0) is 6.54 Å². The fourth-order valence-corrected chi connectivity index (χ4v) is 1.28. The largest absolute Gasteiger partial charge is 0.390 e. The van der Waals surface area contributed by atoms with E-state index in [0.717, 1.165) is 12.1 Å². The van der Waals surface area contributed by atoms with Crippen molar-refractivity contribution in [3.8, 4) is 6.07 Å². The van der Waals surface area contributed by atoms with Gasteiger partial charge in [-0.05, 0) is 12.1 Å². The van der Waals surface area contributed by atoms with Crippen molar-refractivity contribution >= 4 is 0 Å². The van der Waals surface area contributed by atoms with Crippen LogP contribution in [-0.4, -0.2) is 12.7 Å². The molecule has 1 N–H and O–H groups in total. The van der Waals surface area contributed by atoms with Crippen LogP contribution < -0.4 is 5.32 Å². The summed E-state index contributed by atoms with van der Waals surface area (Å²) in [4.78, 5) is 0. The van der Waals surface area contributed by atoms with E-state index in [1.54, 1.807) is 6.07 Å². The third-order valence-electron chi connectivity index (χ3n) is 2.16. The highest BCUT2D eigenvalue weighted by molar-refractivity contribution is 5.34. The molecule has 0 bridgehead atoms. The topological polar surface area (TPSA) is 35.8 Å². The molecule has 0 saturated heterocycles. The van der Waals surface area contributed by atoms with Crippen molar-refractivity contribution in [3.05, 3.63) is 34.9 Å². The van der Waals surface area contributed by atoms with Gasteiger partial charge < -0.3 is 5.32 Å². The lowest BCUT2D eigenvalue weighted by molar-refractivity contribution is -0.133. The molecular formula is C11H9F5N2. The van der Waals surface area contributed by atoms with Gasteiger partial charge in [-0.25, -0.2) is 8.78 Å². The molecule has 0 unspecified atom stereocenters. The van der Waals surface area contributed by atoms with Crippen molar-refractivity contribution in [1.82, 2.24) is 5.32 Å². The highest BCUT2D eigenvalue weighted by atomic mass is 19.4. The summed E-state index contributed by atoms with van der Waals surface area (Å²) in [7, 11) is 0. The summed E-state index contributed by atoms with van der Waals surface area (Å²) in [5.41, 5.74) is -0.555. The Kier molecular flexibility index (Phi) is 4.62. The molecule has 0 spiro atoms. The molecule has 98 valence electrons. The molecule has 0 heterocycles. The zero-order valence-electron chi connectivity index (χ0n) is 9.11. The van der Waals surface area contributed by atoms with Crippen LogP contribution >= 0.6 is 0 Å². The Balaban J connectivity index is 2.61. The second kappa shape index (κ2) is 5.78. The maximum atomic E-state index is 13.3. The quantitative estimate of drug-likeness (QED) is 0.670. The van der Waals surface area contributed by atoms with Gasteiger partial charge in [0.2, 0.25) is 0 Å². The van der Waals surface area contributed by atoms with Crippen LogP contribution in [0, 0.1) is 23.0 Å². The Morgan fingerprint density at radius 1 is 1.17 bits per heavy atom. The molecule has 0 aliphatic heterocycles. The molecule has 1 aromatic carbocycles. The minimum atomic E-state index is -4.31. The van der Waals surface area contributed by atoms with E-state index in [2.05, 4.69) is 5.32 Å². The first-order chi connectivity index (χ1) is 8.33. The highest BCUT2D eigenvalue weighted by Gasteiger charge is 2.26. The molecule has 0 atom stereocenters. The van der Waals surface area contributed by atoms with Gasteiger partial charge in [0.05, 0.1) is 18.1 Å². The average Bonchev–Trinajstić information content (AvgIpc) is 2.25. The molecule has 0 saturated carbocycles. The zero-order valence-corrected chi connectivity index (χ0v) is 9.11. The van der Waals surface area contributed by atoms with Gasteiger partial charge >= 0.3 is 6.18 Å². The summed E-state index contributed by atoms with van der Waals surface area (Å²) in [5.74, 6) is -1.91. The summed E-state index contributed by atoms with van der Waals surface area (Å²) >= 11 is 0. The van der Waals surface area contributed by atoms with Crippen molar-refractivity contribution in [1.29, 1.82) is 5.26 Å². The van der Waals surface area contributed by atoms with Crippen molar-refractivity contribution < 1.29 is 22.0 Å². The van der Waals surface area contributed by atoms with Gasteiger partial charge in [0, 0.05) is 18.7 Å². The normalized spacial score (nSPS) is 11.3. The van der Waals surface area contributed by atoms with Gasteiger partial charge in [-0.2, -0.15) is 18.4 Å². The number of nitriles is 1. The van der Waals surface area contributed by atoms with Crippen molar-refractivity contribution in [3.63, 3.8) is 0 Å². The van der Waals surface area contributed by atoms with Gasteiger partial charge in [0.25, 0.3) is 0 Å². The van der Waals surface area contributed by atoms with Crippen LogP contribution in [0.2, 0.25) is 0 Å². The molecule has 0 aromatic heterocycles. The summed E-state index contributed by atoms with van der Waals surface area (Å²) < 4.78 is 62.1. The van der Waals surface area contributed by atoms with Crippen LogP contribution in [0.15, 0.2) is 12.1 Å². The number of nitrogens with zero attached hydrogens (tertiary/aromatic N) is 1. The van der Waals surface area contributed by atoms with E-state index in [9.17, 15) is 22.0 Å². The Hall–Kier alpha value is -1.68. The Morgan fingerprint density at radius 3 is 2.17 bits per heavy atom. The minimum absolute atomic E-state index is 0.177. The second-order valence-corrected chi connectivity index (χ2v) is 3.57. The second-order valence-electron chi connectivity index (χ2n) is 3.57. The molecule has 0 aliphatic rings. The van der Waals surface area contributed by atoms with Gasteiger partial charge in [0.1, 0.15) is 11.6 Å². The molecule has 1 rings (SSSR count). The van der Waals surface area contributed by atoms with Crippen molar-refractivity contribution in [2.24, 2.45) is 0 Å². The van der Waals surface area contributed by atoms with E-state index in [0.29, 0.717) is 0 Å². The van der Waals surface area contributed by atoms with E-state index in [-0.39, 0.29) is 17.7 Å². The third kappa shape index (κ3) is 4.30. The first kappa shape index (κ1) is 14.4. The van der Waals surface area contributed by atoms with Gasteiger partial charge in [-0.1, -0.05) is 0 Å². The van der Waals surface area contributed by atoms with Crippen LogP contribution in [0.3, 0.4) is 0 Å². The number of alkyl halides is 3. The maximum absolute atomic E-state index is 13.3. The van der Waals surface area contributed by atoms with Crippen molar-refractivity contribution in [2.45, 2.75) is 19.1 Å². The molecule has 0 radical (unpaired) electrons. The molecule has 18 heavy (non-hydrogen) atoms. The van der Waals surface area contributed by atoms with E-state index < -0.39 is 30.8 Å². The van der Waals surface area contributed by atoms with Gasteiger partial charge in [0.15, 0.2) is 0 Å². The fourth-order valence-electron chi connectivity index (χ4n) is 1.28. The number of halogens is 5. The molecule has 7 heteroatoms. The van der Waals surface area contributed by atoms with E-state index in [1.807, 2.05) is 0 Å². The number of rotatable bonds is 4. The number of hydrogen-bond acceptors (Lipinski definition) is 2. The molecule has 0 amide bonds. The molecule has 1 aromatic rings. The first-order valence-corrected chi connectivity index (χ1v) is 4.99. The SMILES string of the molecule is N#Cc1cc(F)c(CNCCC(F)(F)F)c(F)c1. The van der Waals surface area contributed by atoms with E-state index in [4.69, 9.17) is 5.26 Å². The molecule has 0 aliphatic carbocycles. The summed E-state index contributed by atoms with van der Waals surface area (Å²) in [6.07, 6.45) is -5.39. The number of hydrogen-bond donors (Lipinski definition) is 1. The van der Waals surface area contributed by atoms with Crippen LogP contribution in [0.25, 0.3) is 0 Å². The predicted octanol–water partition coefficient (Wildman–Crippen LogP) is 2.88. The molecular weight excluding hydrogens is 255 g/mol. The molecule has 0 fully saturated rings. The Morgan fingerprint density at radius 2 is 1.72 bits per heavy atom. The van der Waals surface area contributed by atoms with Crippen LogP contribution in [0.4, 0.5) is 22.0 Å². The lowest BCUT2D eigenvalue weighted by Gasteiger charge is -2.09. The van der Waals surface area contributed by atoms with Gasteiger partial charge in [-0.3, -0.25) is 0 Å². The van der Waals surface area contributed by atoms with Crippen LogP contribution in [0.5, 0.6) is 0 Å². The number of nitrogens with one attached hydrogen (secondary N) is 1. The maximum Gasteiger partial charge on any atom is 0.390 e. The Labute approximate surface area is 100 Å². The van der Waals surface area contributed by atoms with Crippen molar-refractivity contribution in [2.75, 3.05) is 6.54 Å². The smallest absolute Gasteiger partial charge is 0.312 e. The van der Waals surface area contributed by atoms with Crippen LogP contribution in [0.1, 0.15) is 17.5 Å². The minimum Gasteiger partial charge on any atom is -0.312 e. The highest BCUT2D eigenvalue weighted by Crippen LogP contribution is 2.19. The lowest BCUT2D eigenvalue weighted by atomic mass is 10.1. The monoisotopic (exact) mass is 264 g/mol. The summed E-state index contributed by atoms with van der Waals surface area (Å²) in [6.45, 7) is -0.790. The predicted molar refractivity (Wildman–Crippen MR) is 53.5 cm³/mol.